The van der Waals surface area contributed by atoms with E-state index in [2.05, 4.69) is 15.5 Å². The molecule has 0 aromatic heterocycles. The fourth-order valence-electron chi connectivity index (χ4n) is 4.55. The van der Waals surface area contributed by atoms with Crippen LogP contribution in [0.25, 0.3) is 0 Å². The van der Waals surface area contributed by atoms with Crippen LogP contribution in [0.5, 0.6) is 0 Å². The van der Waals surface area contributed by atoms with Crippen molar-refractivity contribution < 1.29 is 18.0 Å². The summed E-state index contributed by atoms with van der Waals surface area (Å²) in [6.07, 6.45) is 2.45. The van der Waals surface area contributed by atoms with E-state index < -0.39 is 22.0 Å². The molecule has 1 unspecified atom stereocenters. The van der Waals surface area contributed by atoms with E-state index in [0.717, 1.165) is 30.1 Å². The number of amides is 2. The van der Waals surface area contributed by atoms with Gasteiger partial charge in [-0.1, -0.05) is 23.7 Å². The molecule has 0 spiro atoms. The van der Waals surface area contributed by atoms with Gasteiger partial charge in [0.05, 0.1) is 28.9 Å². The molecule has 0 bridgehead atoms. The van der Waals surface area contributed by atoms with Gasteiger partial charge >= 0.3 is 0 Å². The molecule has 4 rings (SSSR count). The van der Waals surface area contributed by atoms with E-state index in [1.54, 1.807) is 44.2 Å². The Hall–Kier alpha value is -2.62. The van der Waals surface area contributed by atoms with E-state index in [0.29, 0.717) is 27.5 Å². The summed E-state index contributed by atoms with van der Waals surface area (Å²) in [5.41, 5.74) is 1.77. The standard InChI is InChI=1S/C24H29ClN4O4S/c1-15-13-21(16(2)12-17(15)25)34(32,33)29-19-9-5-4-8-18(19)26-24(31)20(29)14-23(30)27-22-10-6-7-11-28(22)3/h4-5,8-9,12-13,20,22H,6-7,10-11,14H2,1-3H3,(H,26,31)(H,27,30)/t20-,22?/m1/s1. The Labute approximate surface area is 205 Å². The number of nitrogens with zero attached hydrogens (tertiary/aromatic N) is 2. The molecule has 182 valence electrons. The van der Waals surface area contributed by atoms with Crippen LogP contribution in [-0.4, -0.2) is 50.9 Å². The molecule has 0 aliphatic carbocycles. The topological polar surface area (TPSA) is 98.8 Å². The highest BCUT2D eigenvalue weighted by atomic mass is 35.5. The first-order valence-corrected chi connectivity index (χ1v) is 13.1. The first-order valence-electron chi connectivity index (χ1n) is 11.3. The lowest BCUT2D eigenvalue weighted by Gasteiger charge is -2.38. The molecule has 2 aliphatic heterocycles. The number of anilines is 2. The Kier molecular flexibility index (Phi) is 6.89. The highest BCUT2D eigenvalue weighted by molar-refractivity contribution is 7.93. The van der Waals surface area contributed by atoms with Crippen molar-refractivity contribution in [3.05, 3.63) is 52.5 Å². The van der Waals surface area contributed by atoms with Crippen molar-refractivity contribution in [2.24, 2.45) is 0 Å². The SMILES string of the molecule is Cc1cc(S(=O)(=O)N2c3ccccc3NC(=O)[C@H]2CC(=O)NC2CCCCN2C)c(C)cc1Cl. The molecule has 2 aromatic rings. The molecule has 34 heavy (non-hydrogen) atoms. The van der Waals surface area contributed by atoms with E-state index in [-0.39, 0.29) is 23.4 Å². The van der Waals surface area contributed by atoms with Crippen LogP contribution in [0.4, 0.5) is 11.4 Å². The Balaban J connectivity index is 1.73. The van der Waals surface area contributed by atoms with Crippen molar-refractivity contribution in [3.63, 3.8) is 0 Å². The number of rotatable bonds is 5. The van der Waals surface area contributed by atoms with Gasteiger partial charge in [0.25, 0.3) is 10.0 Å². The van der Waals surface area contributed by atoms with E-state index in [1.165, 1.54) is 6.07 Å². The van der Waals surface area contributed by atoms with E-state index in [4.69, 9.17) is 11.6 Å². The Morgan fingerprint density at radius 1 is 1.18 bits per heavy atom. The average molecular weight is 505 g/mol. The van der Waals surface area contributed by atoms with Crippen molar-refractivity contribution in [2.45, 2.75) is 56.6 Å². The van der Waals surface area contributed by atoms with Gasteiger partial charge in [-0.2, -0.15) is 0 Å². The highest BCUT2D eigenvalue weighted by Gasteiger charge is 2.42. The lowest BCUT2D eigenvalue weighted by Crippen LogP contribution is -2.55. The third-order valence-electron chi connectivity index (χ3n) is 6.45. The summed E-state index contributed by atoms with van der Waals surface area (Å²) in [5, 5.41) is 6.19. The van der Waals surface area contributed by atoms with Gasteiger partial charge in [-0.15, -0.1) is 0 Å². The summed E-state index contributed by atoms with van der Waals surface area (Å²) in [6.45, 7) is 4.26. The number of benzene rings is 2. The van der Waals surface area contributed by atoms with Crippen LogP contribution in [0.3, 0.4) is 0 Å². The molecule has 0 saturated carbocycles. The molecular weight excluding hydrogens is 476 g/mol. The van der Waals surface area contributed by atoms with Crippen LogP contribution in [0, 0.1) is 13.8 Å². The molecule has 1 saturated heterocycles. The van der Waals surface area contributed by atoms with Crippen molar-refractivity contribution in [1.29, 1.82) is 0 Å². The average Bonchev–Trinajstić information content (AvgIpc) is 2.78. The van der Waals surface area contributed by atoms with E-state index in [1.807, 2.05) is 7.05 Å². The zero-order chi connectivity index (χ0) is 24.6. The zero-order valence-corrected chi connectivity index (χ0v) is 21.0. The minimum absolute atomic E-state index is 0.0522. The molecule has 2 heterocycles. The third-order valence-corrected chi connectivity index (χ3v) is 8.83. The van der Waals surface area contributed by atoms with Gasteiger partial charge in [-0.3, -0.25) is 18.8 Å². The lowest BCUT2D eigenvalue weighted by molar-refractivity contribution is -0.126. The molecule has 2 N–H and O–H groups in total. The van der Waals surface area contributed by atoms with Gasteiger partial charge in [0.1, 0.15) is 6.04 Å². The fourth-order valence-corrected chi connectivity index (χ4v) is 6.70. The van der Waals surface area contributed by atoms with Crippen LogP contribution >= 0.6 is 11.6 Å². The molecule has 2 aliphatic rings. The third kappa shape index (κ3) is 4.64. The largest absolute Gasteiger partial charge is 0.340 e. The van der Waals surface area contributed by atoms with Gasteiger partial charge in [-0.05, 0) is 82.1 Å². The Bertz CT molecular complexity index is 1230. The number of hydrogen-bond acceptors (Lipinski definition) is 5. The van der Waals surface area contributed by atoms with E-state index >= 15 is 0 Å². The summed E-state index contributed by atoms with van der Waals surface area (Å²) in [5.74, 6) is -0.916. The molecule has 2 aromatic carbocycles. The maximum atomic E-state index is 14.0. The summed E-state index contributed by atoms with van der Waals surface area (Å²) in [7, 11) is -2.25. The smallest absolute Gasteiger partial charge is 0.265 e. The monoisotopic (exact) mass is 504 g/mol. The van der Waals surface area contributed by atoms with Gasteiger partial charge in [0, 0.05) is 5.02 Å². The second kappa shape index (κ2) is 9.56. The predicted molar refractivity (Wildman–Crippen MR) is 132 cm³/mol. The number of carbonyl (C=O) groups excluding carboxylic acids is 2. The number of sulfonamides is 1. The van der Waals surface area contributed by atoms with Gasteiger partial charge in [0.2, 0.25) is 11.8 Å². The maximum Gasteiger partial charge on any atom is 0.265 e. The van der Waals surface area contributed by atoms with Gasteiger partial charge < -0.3 is 10.6 Å². The quantitative estimate of drug-likeness (QED) is 0.650. The Morgan fingerprint density at radius 3 is 2.65 bits per heavy atom. The number of piperidine rings is 1. The first kappa shape index (κ1) is 24.5. The summed E-state index contributed by atoms with van der Waals surface area (Å²) in [6, 6.07) is 8.56. The molecule has 8 nitrogen and oxygen atoms in total. The second-order valence-electron chi connectivity index (χ2n) is 8.95. The van der Waals surface area contributed by atoms with Gasteiger partial charge in [0.15, 0.2) is 0 Å². The molecule has 1 fully saturated rings. The maximum absolute atomic E-state index is 14.0. The van der Waals surface area contributed by atoms with Crippen molar-refractivity contribution in [1.82, 2.24) is 10.2 Å². The van der Waals surface area contributed by atoms with Crippen LogP contribution < -0.4 is 14.9 Å². The number of carbonyl (C=O) groups is 2. The molecular formula is C24H29ClN4O4S. The lowest BCUT2D eigenvalue weighted by atomic mass is 10.1. The minimum Gasteiger partial charge on any atom is -0.340 e. The second-order valence-corrected chi connectivity index (χ2v) is 11.1. The highest BCUT2D eigenvalue weighted by Crippen LogP contribution is 2.38. The normalized spacial score (nSPS) is 21.1. The predicted octanol–water partition coefficient (Wildman–Crippen LogP) is 3.42. The van der Waals surface area contributed by atoms with Crippen LogP contribution in [-0.2, 0) is 19.6 Å². The number of hydrogen-bond donors (Lipinski definition) is 2. The first-order chi connectivity index (χ1) is 16.1. The van der Waals surface area contributed by atoms with Crippen molar-refractivity contribution in [3.8, 4) is 0 Å². The number of fused-ring (bicyclic) bond motifs is 1. The van der Waals surface area contributed by atoms with E-state index in [9.17, 15) is 18.0 Å². The number of likely N-dealkylation sites (tertiary alicyclic amines) is 1. The molecule has 2 atom stereocenters. The van der Waals surface area contributed by atoms with Crippen molar-refractivity contribution in [2.75, 3.05) is 23.2 Å². The summed E-state index contributed by atoms with van der Waals surface area (Å²) < 4.78 is 29.0. The molecule has 2 amide bonds. The minimum atomic E-state index is -4.19. The zero-order valence-electron chi connectivity index (χ0n) is 19.5. The number of aryl methyl sites for hydroxylation is 2. The number of para-hydroxylation sites is 2. The summed E-state index contributed by atoms with van der Waals surface area (Å²) in [4.78, 5) is 28.2. The molecule has 0 radical (unpaired) electrons. The van der Waals surface area contributed by atoms with Crippen LogP contribution in [0.1, 0.15) is 36.8 Å². The van der Waals surface area contributed by atoms with Crippen LogP contribution in [0.15, 0.2) is 41.3 Å². The Morgan fingerprint density at radius 2 is 1.91 bits per heavy atom. The van der Waals surface area contributed by atoms with Crippen LogP contribution in [0.2, 0.25) is 5.02 Å². The number of halogens is 1. The fraction of sp³-hybridized carbons (Fsp3) is 0.417. The molecule has 10 heteroatoms. The number of nitrogens with one attached hydrogen (secondary N) is 2. The van der Waals surface area contributed by atoms with Gasteiger partial charge in [-0.25, -0.2) is 8.42 Å². The summed E-state index contributed by atoms with van der Waals surface area (Å²) >= 11 is 6.20. The van der Waals surface area contributed by atoms with Crippen molar-refractivity contribution >= 4 is 44.8 Å².